The molecule has 158 valence electrons. The highest BCUT2D eigenvalue weighted by atomic mass is 35.5. The summed E-state index contributed by atoms with van der Waals surface area (Å²) >= 11 is 0. The minimum Gasteiger partial charge on any atom is -0.346 e. The molecule has 0 saturated carbocycles. The van der Waals surface area contributed by atoms with Crippen molar-refractivity contribution in [3.63, 3.8) is 0 Å². The highest BCUT2D eigenvalue weighted by Gasteiger charge is 2.29. The maximum absolute atomic E-state index is 12.6. The van der Waals surface area contributed by atoms with Crippen molar-refractivity contribution in [3.05, 3.63) is 76.9 Å². The van der Waals surface area contributed by atoms with Crippen LogP contribution in [0.25, 0.3) is 6.08 Å². The number of hydrogen-bond acceptors (Lipinski definition) is 2. The third-order valence-electron chi connectivity index (χ3n) is 4.33. The molecule has 0 aliphatic rings. The maximum Gasteiger partial charge on any atom is 0.416 e. The van der Waals surface area contributed by atoms with Crippen LogP contribution in [0, 0.1) is 6.92 Å². The van der Waals surface area contributed by atoms with E-state index in [1.54, 1.807) is 0 Å². The number of benzene rings is 2. The Morgan fingerprint density at radius 2 is 1.66 bits per heavy atom. The lowest BCUT2D eigenvalue weighted by atomic mass is 10.0. The Labute approximate surface area is 176 Å². The van der Waals surface area contributed by atoms with Gasteiger partial charge < -0.3 is 10.2 Å². The summed E-state index contributed by atoms with van der Waals surface area (Å²) in [7, 11) is 3.94. The van der Waals surface area contributed by atoms with Crippen LogP contribution >= 0.6 is 12.4 Å². The van der Waals surface area contributed by atoms with Gasteiger partial charge in [-0.2, -0.15) is 13.2 Å². The lowest BCUT2D eigenvalue weighted by Crippen LogP contribution is -2.29. The summed E-state index contributed by atoms with van der Waals surface area (Å²) < 4.78 is 37.8. The second-order valence-electron chi connectivity index (χ2n) is 7.02. The second-order valence-corrected chi connectivity index (χ2v) is 7.02. The molecule has 2 rings (SSSR count). The minimum absolute atomic E-state index is 0. The van der Waals surface area contributed by atoms with Gasteiger partial charge in [0, 0.05) is 6.08 Å². The van der Waals surface area contributed by atoms with Crippen LogP contribution in [-0.4, -0.2) is 31.4 Å². The van der Waals surface area contributed by atoms with Gasteiger partial charge in [0.25, 0.3) is 0 Å². The number of aryl methyl sites for hydroxylation is 1. The number of carbonyl (C=O) groups excluding carboxylic acids is 1. The molecule has 0 saturated heterocycles. The monoisotopic (exact) mass is 426 g/mol. The lowest BCUT2D eigenvalue weighted by Gasteiger charge is -2.21. The summed E-state index contributed by atoms with van der Waals surface area (Å²) in [4.78, 5) is 14.4. The molecule has 1 atom stereocenters. The second kappa shape index (κ2) is 11.0. The van der Waals surface area contributed by atoms with Gasteiger partial charge >= 0.3 is 6.18 Å². The predicted octanol–water partition coefficient (Wildman–Crippen LogP) is 5.26. The summed E-state index contributed by atoms with van der Waals surface area (Å²) in [5.41, 5.74) is 1.98. The summed E-state index contributed by atoms with van der Waals surface area (Å²) in [6.07, 6.45) is -0.768. The van der Waals surface area contributed by atoms with E-state index >= 15 is 0 Å². The number of nitrogens with zero attached hydrogens (tertiary/aromatic N) is 1. The molecule has 2 aromatic carbocycles. The van der Waals surface area contributed by atoms with E-state index < -0.39 is 11.7 Å². The van der Waals surface area contributed by atoms with E-state index in [1.165, 1.54) is 24.3 Å². The Morgan fingerprint density at radius 1 is 1.07 bits per heavy atom. The van der Waals surface area contributed by atoms with E-state index in [4.69, 9.17) is 0 Å². The van der Waals surface area contributed by atoms with Crippen molar-refractivity contribution in [3.8, 4) is 0 Å². The van der Waals surface area contributed by atoms with Crippen LogP contribution in [0.1, 0.15) is 34.7 Å². The van der Waals surface area contributed by atoms with Gasteiger partial charge in [-0.25, -0.2) is 0 Å². The fourth-order valence-corrected chi connectivity index (χ4v) is 2.68. The van der Waals surface area contributed by atoms with Gasteiger partial charge in [0.05, 0.1) is 11.6 Å². The Bertz CT molecular complexity index is 800. The standard InChI is InChI=1S/C22H25F3N2O.ClH/c1-16-4-9-18(10-5-16)20(14-15-27(2)3)26-21(28)13-8-17-6-11-19(12-7-17)22(23,24)25;/h4-13,20H,14-15H2,1-3H3,(H,26,28);1H/b13-8+;. The van der Waals surface area contributed by atoms with Gasteiger partial charge in [-0.05, 0) is 63.3 Å². The van der Waals surface area contributed by atoms with Crippen molar-refractivity contribution in [1.29, 1.82) is 0 Å². The molecule has 2 aromatic rings. The van der Waals surface area contributed by atoms with Gasteiger partial charge in [0.1, 0.15) is 0 Å². The van der Waals surface area contributed by atoms with E-state index in [0.29, 0.717) is 5.56 Å². The first kappa shape index (κ1) is 24.7. The summed E-state index contributed by atoms with van der Waals surface area (Å²) in [5, 5.41) is 2.98. The van der Waals surface area contributed by atoms with Crippen molar-refractivity contribution < 1.29 is 18.0 Å². The first-order valence-electron chi connectivity index (χ1n) is 9.02. The van der Waals surface area contributed by atoms with E-state index in [9.17, 15) is 18.0 Å². The molecule has 3 nitrogen and oxygen atoms in total. The molecule has 1 N–H and O–H groups in total. The highest BCUT2D eigenvalue weighted by Crippen LogP contribution is 2.29. The smallest absolute Gasteiger partial charge is 0.346 e. The molecule has 29 heavy (non-hydrogen) atoms. The predicted molar refractivity (Wildman–Crippen MR) is 113 cm³/mol. The topological polar surface area (TPSA) is 32.3 Å². The number of carbonyl (C=O) groups is 1. The molecule has 0 fully saturated rings. The Kier molecular flexibility index (Phi) is 9.40. The van der Waals surface area contributed by atoms with Crippen LogP contribution in [0.5, 0.6) is 0 Å². The van der Waals surface area contributed by atoms with E-state index in [2.05, 4.69) is 5.32 Å². The number of nitrogens with one attached hydrogen (secondary N) is 1. The maximum atomic E-state index is 12.6. The third kappa shape index (κ3) is 8.30. The zero-order chi connectivity index (χ0) is 20.7. The summed E-state index contributed by atoms with van der Waals surface area (Å²) in [6.45, 7) is 2.81. The molecule has 0 spiro atoms. The van der Waals surface area contributed by atoms with Crippen LogP contribution in [0.2, 0.25) is 0 Å². The van der Waals surface area contributed by atoms with Crippen LogP contribution in [0.3, 0.4) is 0 Å². The van der Waals surface area contributed by atoms with Crippen molar-refractivity contribution in [1.82, 2.24) is 10.2 Å². The molecule has 1 unspecified atom stereocenters. The summed E-state index contributed by atoms with van der Waals surface area (Å²) in [5.74, 6) is -0.288. The number of hydrogen-bond donors (Lipinski definition) is 1. The molecule has 0 aliphatic carbocycles. The Hall–Kier alpha value is -2.31. The van der Waals surface area contributed by atoms with Crippen molar-refractivity contribution >= 4 is 24.4 Å². The van der Waals surface area contributed by atoms with Crippen LogP contribution in [0.15, 0.2) is 54.6 Å². The molecule has 0 aromatic heterocycles. The fourth-order valence-electron chi connectivity index (χ4n) is 2.68. The molecule has 0 heterocycles. The van der Waals surface area contributed by atoms with Crippen molar-refractivity contribution in [2.24, 2.45) is 0 Å². The number of alkyl halides is 3. The zero-order valence-electron chi connectivity index (χ0n) is 16.7. The summed E-state index contributed by atoms with van der Waals surface area (Å²) in [6, 6.07) is 12.5. The average molecular weight is 427 g/mol. The van der Waals surface area contributed by atoms with Gasteiger partial charge in [-0.1, -0.05) is 42.0 Å². The Morgan fingerprint density at radius 3 is 2.17 bits per heavy atom. The molecule has 1 amide bonds. The molecule has 0 radical (unpaired) electrons. The van der Waals surface area contributed by atoms with Gasteiger partial charge in [-0.3, -0.25) is 4.79 Å². The molecule has 7 heteroatoms. The van der Waals surface area contributed by atoms with Crippen LogP contribution in [-0.2, 0) is 11.0 Å². The van der Waals surface area contributed by atoms with Gasteiger partial charge in [-0.15, -0.1) is 12.4 Å². The number of halogens is 4. The van der Waals surface area contributed by atoms with E-state index in [1.807, 2.05) is 50.2 Å². The number of rotatable bonds is 7. The first-order valence-corrected chi connectivity index (χ1v) is 9.02. The molecule has 0 aliphatic heterocycles. The third-order valence-corrected chi connectivity index (χ3v) is 4.33. The normalized spacial score (nSPS) is 12.7. The van der Waals surface area contributed by atoms with Gasteiger partial charge in [0.15, 0.2) is 0 Å². The highest BCUT2D eigenvalue weighted by molar-refractivity contribution is 5.92. The fraction of sp³-hybridized carbons (Fsp3) is 0.318. The molecular weight excluding hydrogens is 401 g/mol. The largest absolute Gasteiger partial charge is 0.416 e. The lowest BCUT2D eigenvalue weighted by molar-refractivity contribution is -0.137. The van der Waals surface area contributed by atoms with Crippen LogP contribution < -0.4 is 5.32 Å². The Balaban J connectivity index is 0.00000420. The van der Waals surface area contributed by atoms with Crippen molar-refractivity contribution in [2.45, 2.75) is 25.6 Å². The minimum atomic E-state index is -4.37. The van der Waals surface area contributed by atoms with Gasteiger partial charge in [0.2, 0.25) is 5.91 Å². The SMILES string of the molecule is Cc1ccc(C(CCN(C)C)NC(=O)/C=C/c2ccc(C(F)(F)F)cc2)cc1.Cl. The van der Waals surface area contributed by atoms with E-state index in [0.717, 1.165) is 36.2 Å². The average Bonchev–Trinajstić information content (AvgIpc) is 2.63. The quantitative estimate of drug-likeness (QED) is 0.612. The number of amides is 1. The molecule has 0 bridgehead atoms. The molecular formula is C22H26ClF3N2O. The van der Waals surface area contributed by atoms with Crippen molar-refractivity contribution in [2.75, 3.05) is 20.6 Å². The first-order chi connectivity index (χ1) is 13.1. The van der Waals surface area contributed by atoms with E-state index in [-0.39, 0.29) is 24.4 Å². The zero-order valence-corrected chi connectivity index (χ0v) is 17.5. The van der Waals surface area contributed by atoms with Crippen LogP contribution in [0.4, 0.5) is 13.2 Å².